The number of benzene rings is 2. The van der Waals surface area contributed by atoms with Gasteiger partial charge in [0.1, 0.15) is 11.6 Å². The van der Waals surface area contributed by atoms with Crippen LogP contribution in [0.25, 0.3) is 5.69 Å². The summed E-state index contributed by atoms with van der Waals surface area (Å²) >= 11 is 12.3. The average Bonchev–Trinajstić information content (AvgIpc) is 2.99. The Morgan fingerprint density at radius 1 is 1.15 bits per heavy atom. The summed E-state index contributed by atoms with van der Waals surface area (Å²) < 4.78 is 7.51. The van der Waals surface area contributed by atoms with Gasteiger partial charge in [0.05, 0.1) is 32.9 Å². The molecule has 0 radical (unpaired) electrons. The van der Waals surface area contributed by atoms with Gasteiger partial charge < -0.3 is 10.5 Å². The van der Waals surface area contributed by atoms with Gasteiger partial charge in [-0.05, 0) is 36.8 Å². The number of hydrogen-bond acceptors (Lipinski definition) is 4. The van der Waals surface area contributed by atoms with Crippen molar-refractivity contribution in [1.82, 2.24) is 9.78 Å². The van der Waals surface area contributed by atoms with Gasteiger partial charge in [-0.1, -0.05) is 47.5 Å². The van der Waals surface area contributed by atoms with Gasteiger partial charge in [0, 0.05) is 0 Å². The summed E-state index contributed by atoms with van der Waals surface area (Å²) in [6.45, 7) is 1.88. The third-order valence-electron chi connectivity index (χ3n) is 4.51. The number of aryl methyl sites for hydroxylation is 1. The molecule has 2 heterocycles. The number of aromatic nitrogens is 2. The molecule has 2 aromatic carbocycles. The summed E-state index contributed by atoms with van der Waals surface area (Å²) in [5.74, 6) is 0.107. The quantitative estimate of drug-likeness (QED) is 0.680. The van der Waals surface area contributed by atoms with E-state index >= 15 is 0 Å². The first-order valence-corrected chi connectivity index (χ1v) is 8.94. The number of fused-ring (bicyclic) bond motifs is 1. The molecule has 5 nitrogen and oxygen atoms in total. The maximum absolute atomic E-state index is 9.70. The van der Waals surface area contributed by atoms with Gasteiger partial charge in [0.25, 0.3) is 0 Å². The van der Waals surface area contributed by atoms with E-state index in [1.807, 2.05) is 43.3 Å². The number of allylic oxidation sites excluding steroid dienone is 1. The molecule has 2 N–H and O–H groups in total. The molecule has 1 aliphatic rings. The lowest BCUT2D eigenvalue weighted by Crippen LogP contribution is -2.22. The average molecular weight is 397 g/mol. The summed E-state index contributed by atoms with van der Waals surface area (Å²) in [5.41, 5.74) is 9.56. The zero-order valence-electron chi connectivity index (χ0n) is 14.3. The maximum Gasteiger partial charge on any atom is 0.229 e. The molecule has 0 aliphatic carbocycles. The second-order valence-electron chi connectivity index (χ2n) is 6.15. The van der Waals surface area contributed by atoms with Crippen molar-refractivity contribution in [2.75, 3.05) is 0 Å². The summed E-state index contributed by atoms with van der Waals surface area (Å²) in [6, 6.07) is 17.0. The van der Waals surface area contributed by atoms with E-state index in [9.17, 15) is 5.26 Å². The van der Waals surface area contributed by atoms with Crippen molar-refractivity contribution >= 4 is 23.2 Å². The second kappa shape index (κ2) is 6.66. The van der Waals surface area contributed by atoms with Crippen molar-refractivity contribution in [3.05, 3.63) is 86.9 Å². The van der Waals surface area contributed by atoms with Crippen molar-refractivity contribution in [2.24, 2.45) is 5.73 Å². The van der Waals surface area contributed by atoms with E-state index in [1.54, 1.807) is 16.8 Å². The molecule has 0 unspecified atom stereocenters. The van der Waals surface area contributed by atoms with Crippen LogP contribution in [0.3, 0.4) is 0 Å². The third kappa shape index (κ3) is 2.84. The first-order valence-electron chi connectivity index (χ1n) is 8.18. The van der Waals surface area contributed by atoms with E-state index < -0.39 is 5.92 Å². The van der Waals surface area contributed by atoms with Gasteiger partial charge in [-0.3, -0.25) is 0 Å². The van der Waals surface area contributed by atoms with E-state index in [-0.39, 0.29) is 5.88 Å². The van der Waals surface area contributed by atoms with Gasteiger partial charge in [-0.2, -0.15) is 10.4 Å². The Morgan fingerprint density at radius 2 is 1.89 bits per heavy atom. The summed E-state index contributed by atoms with van der Waals surface area (Å²) in [5, 5.41) is 15.2. The van der Waals surface area contributed by atoms with Crippen LogP contribution >= 0.6 is 23.2 Å². The molecule has 4 rings (SSSR count). The number of halogens is 2. The van der Waals surface area contributed by atoms with E-state index in [4.69, 9.17) is 33.7 Å². The van der Waals surface area contributed by atoms with Gasteiger partial charge >= 0.3 is 0 Å². The van der Waals surface area contributed by atoms with Crippen LogP contribution < -0.4 is 10.5 Å². The van der Waals surface area contributed by atoms with Crippen molar-refractivity contribution in [3.8, 4) is 17.6 Å². The fourth-order valence-electron chi connectivity index (χ4n) is 3.28. The molecule has 0 saturated carbocycles. The highest BCUT2D eigenvalue weighted by Gasteiger charge is 2.36. The van der Waals surface area contributed by atoms with Crippen LogP contribution in [0, 0.1) is 18.3 Å². The van der Waals surface area contributed by atoms with Crippen molar-refractivity contribution in [3.63, 3.8) is 0 Å². The zero-order chi connectivity index (χ0) is 19.1. The van der Waals surface area contributed by atoms with Crippen LogP contribution in [0.2, 0.25) is 10.0 Å². The first-order chi connectivity index (χ1) is 13.0. The molecule has 7 heteroatoms. The van der Waals surface area contributed by atoms with Gasteiger partial charge in [-0.15, -0.1) is 0 Å². The Hall–Kier alpha value is -2.94. The Kier molecular flexibility index (Phi) is 4.31. The zero-order valence-corrected chi connectivity index (χ0v) is 15.8. The predicted octanol–water partition coefficient (Wildman–Crippen LogP) is 4.71. The molecule has 3 aromatic rings. The van der Waals surface area contributed by atoms with E-state index in [2.05, 4.69) is 11.2 Å². The van der Waals surface area contributed by atoms with Crippen LogP contribution in [-0.2, 0) is 0 Å². The summed E-state index contributed by atoms with van der Waals surface area (Å²) in [6.07, 6.45) is 0. The number of rotatable bonds is 2. The largest absolute Gasteiger partial charge is 0.422 e. The number of para-hydroxylation sites is 1. The van der Waals surface area contributed by atoms with Crippen molar-refractivity contribution < 1.29 is 4.74 Å². The minimum atomic E-state index is -0.439. The molecule has 0 spiro atoms. The molecule has 0 saturated heterocycles. The molecule has 0 bridgehead atoms. The lowest BCUT2D eigenvalue weighted by Gasteiger charge is -2.25. The molecule has 134 valence electrons. The summed E-state index contributed by atoms with van der Waals surface area (Å²) in [4.78, 5) is 0. The number of nitrogens with zero attached hydrogens (tertiary/aromatic N) is 3. The van der Waals surface area contributed by atoms with Crippen LogP contribution in [-0.4, -0.2) is 9.78 Å². The molecule has 27 heavy (non-hydrogen) atoms. The highest BCUT2D eigenvalue weighted by Crippen LogP contribution is 2.45. The Labute approximate surface area is 166 Å². The number of nitriles is 1. The van der Waals surface area contributed by atoms with Gasteiger partial charge in [0.15, 0.2) is 0 Å². The molecule has 0 amide bonds. The number of nitrogens with two attached hydrogens (primary N) is 1. The number of ether oxygens (including phenoxy) is 1. The van der Waals surface area contributed by atoms with E-state index in [1.165, 1.54) is 0 Å². The fourth-order valence-corrected chi connectivity index (χ4v) is 3.59. The Morgan fingerprint density at radius 3 is 2.56 bits per heavy atom. The normalized spacial score (nSPS) is 15.9. The molecular weight excluding hydrogens is 383 g/mol. The highest BCUT2D eigenvalue weighted by molar-refractivity contribution is 6.42. The Balaban J connectivity index is 1.97. The topological polar surface area (TPSA) is 76.9 Å². The minimum Gasteiger partial charge on any atom is -0.422 e. The smallest absolute Gasteiger partial charge is 0.229 e. The highest BCUT2D eigenvalue weighted by atomic mass is 35.5. The lowest BCUT2D eigenvalue weighted by molar-refractivity contribution is 0.367. The number of hydrogen-bond donors (Lipinski definition) is 1. The van der Waals surface area contributed by atoms with Gasteiger partial charge in [-0.25, -0.2) is 4.68 Å². The standard InChI is InChI=1S/C20H14Cl2N4O/c1-11-17-18(12-7-8-15(21)16(22)9-12)14(10-23)19(24)27-20(17)26(25-11)13-5-3-2-4-6-13/h2-9,18H,24H2,1H3/t18-/m0/s1. The molecule has 1 aliphatic heterocycles. The van der Waals surface area contributed by atoms with E-state index in [0.29, 0.717) is 21.5 Å². The Bertz CT molecular complexity index is 1110. The second-order valence-corrected chi connectivity index (χ2v) is 6.96. The van der Waals surface area contributed by atoms with Crippen molar-refractivity contribution in [1.29, 1.82) is 5.26 Å². The van der Waals surface area contributed by atoms with Gasteiger partial charge in [0.2, 0.25) is 11.8 Å². The monoisotopic (exact) mass is 396 g/mol. The molecule has 1 aromatic heterocycles. The van der Waals surface area contributed by atoms with Crippen LogP contribution in [0.5, 0.6) is 5.88 Å². The van der Waals surface area contributed by atoms with E-state index in [0.717, 1.165) is 22.5 Å². The lowest BCUT2D eigenvalue weighted by atomic mass is 9.84. The predicted molar refractivity (Wildman–Crippen MR) is 104 cm³/mol. The molecular formula is C20H14Cl2N4O. The third-order valence-corrected chi connectivity index (χ3v) is 5.25. The fraction of sp³-hybridized carbons (Fsp3) is 0.100. The van der Waals surface area contributed by atoms with Crippen LogP contribution in [0.4, 0.5) is 0 Å². The maximum atomic E-state index is 9.70. The van der Waals surface area contributed by atoms with Crippen LogP contribution in [0.15, 0.2) is 60.0 Å². The van der Waals surface area contributed by atoms with Crippen molar-refractivity contribution in [2.45, 2.75) is 12.8 Å². The summed E-state index contributed by atoms with van der Waals surface area (Å²) in [7, 11) is 0. The van der Waals surface area contributed by atoms with Crippen LogP contribution in [0.1, 0.15) is 22.7 Å². The molecule has 0 fully saturated rings. The first kappa shape index (κ1) is 17.5. The SMILES string of the molecule is Cc1nn(-c2ccccc2)c2c1[C@@H](c1ccc(Cl)c(Cl)c1)C(C#N)=C(N)O2. The minimum absolute atomic E-state index is 0.0538. The molecule has 1 atom stereocenters.